The zero-order valence-electron chi connectivity index (χ0n) is 10.3. The van der Waals surface area contributed by atoms with Crippen molar-refractivity contribution in [3.05, 3.63) is 16.3 Å². The van der Waals surface area contributed by atoms with E-state index in [-0.39, 0.29) is 9.92 Å². The average molecular weight is 267 g/mol. The van der Waals surface area contributed by atoms with Gasteiger partial charge in [-0.05, 0) is 55.3 Å². The zero-order valence-corrected chi connectivity index (χ0v) is 11.2. The Morgan fingerprint density at radius 1 is 1.56 bits per heavy atom. The number of fused-ring (bicyclic) bond motifs is 2. The molecule has 2 fully saturated rings. The molecule has 1 N–H and O–H groups in total. The molecule has 98 valence electrons. The van der Waals surface area contributed by atoms with Crippen LogP contribution in [0, 0.1) is 27.9 Å². The summed E-state index contributed by atoms with van der Waals surface area (Å²) in [4.78, 5) is 14.3. The molecular weight excluding hydrogens is 250 g/mol. The molecule has 0 saturated heterocycles. The quantitative estimate of drug-likeness (QED) is 0.671. The number of hydrogen-bond acceptors (Lipinski definition) is 5. The minimum absolute atomic E-state index is 0.109. The molecule has 2 bridgehead atoms. The third-order valence-corrected chi connectivity index (χ3v) is 5.34. The molecule has 5 nitrogen and oxygen atoms in total. The summed E-state index contributed by atoms with van der Waals surface area (Å²) in [6.45, 7) is 2.18. The number of aromatic nitrogens is 1. The smallest absolute Gasteiger partial charge is 0.345 e. The fraction of sp³-hybridized carbons (Fsp3) is 0.750. The molecule has 0 radical (unpaired) electrons. The van der Waals surface area contributed by atoms with Crippen LogP contribution < -0.4 is 5.32 Å². The molecule has 1 heterocycles. The van der Waals surface area contributed by atoms with Crippen LogP contribution in [0.3, 0.4) is 0 Å². The first-order chi connectivity index (χ1) is 8.63. The van der Waals surface area contributed by atoms with E-state index >= 15 is 0 Å². The van der Waals surface area contributed by atoms with E-state index in [1.807, 2.05) is 0 Å². The van der Waals surface area contributed by atoms with Crippen LogP contribution in [0.4, 0.5) is 10.1 Å². The van der Waals surface area contributed by atoms with Crippen molar-refractivity contribution < 1.29 is 4.92 Å². The summed E-state index contributed by atoms with van der Waals surface area (Å²) >= 11 is 1.13. The van der Waals surface area contributed by atoms with Gasteiger partial charge in [0.25, 0.3) is 0 Å². The first kappa shape index (κ1) is 11.9. The van der Waals surface area contributed by atoms with E-state index in [0.29, 0.717) is 17.1 Å². The third-order valence-electron chi connectivity index (χ3n) is 4.46. The average Bonchev–Trinajstić information content (AvgIpc) is 3.03. The van der Waals surface area contributed by atoms with Gasteiger partial charge in [-0.1, -0.05) is 6.42 Å². The lowest BCUT2D eigenvalue weighted by molar-refractivity contribution is -0.380. The van der Waals surface area contributed by atoms with Crippen molar-refractivity contribution >= 4 is 21.5 Å². The van der Waals surface area contributed by atoms with Gasteiger partial charge >= 0.3 is 5.00 Å². The number of thiazole rings is 1. The van der Waals surface area contributed by atoms with Gasteiger partial charge < -0.3 is 5.32 Å². The standard InChI is InChI=1S/C12H17N3O2S/c1-7(10-5-8-2-3-9(10)4-8)14-12-13-6-11(18-12)15(16)17/h6-10H,2-5H2,1H3,(H,13,14)/t7-,8-,9-,10-/m0/s1. The Hall–Kier alpha value is -1.17. The van der Waals surface area contributed by atoms with Crippen LogP contribution >= 0.6 is 11.3 Å². The van der Waals surface area contributed by atoms with Crippen LogP contribution in [-0.4, -0.2) is 15.9 Å². The van der Waals surface area contributed by atoms with Crippen molar-refractivity contribution in [2.75, 3.05) is 5.32 Å². The molecule has 2 saturated carbocycles. The Labute approximate surface area is 110 Å². The Kier molecular flexibility index (Phi) is 2.97. The molecule has 2 aliphatic rings. The van der Waals surface area contributed by atoms with E-state index in [0.717, 1.165) is 23.2 Å². The normalized spacial score (nSPS) is 31.5. The number of rotatable bonds is 4. The van der Waals surface area contributed by atoms with E-state index < -0.39 is 0 Å². The summed E-state index contributed by atoms with van der Waals surface area (Å²) in [5.74, 6) is 2.49. The molecule has 18 heavy (non-hydrogen) atoms. The molecule has 1 aromatic heterocycles. The molecule has 3 rings (SSSR count). The maximum Gasteiger partial charge on any atom is 0.345 e. The predicted octanol–water partition coefficient (Wildman–Crippen LogP) is 3.29. The van der Waals surface area contributed by atoms with Crippen molar-refractivity contribution in [3.63, 3.8) is 0 Å². The first-order valence-electron chi connectivity index (χ1n) is 6.50. The second-order valence-electron chi connectivity index (χ2n) is 5.53. The van der Waals surface area contributed by atoms with Crippen molar-refractivity contribution in [3.8, 4) is 0 Å². The molecule has 6 heteroatoms. The lowest BCUT2D eigenvalue weighted by Gasteiger charge is -2.28. The molecule has 0 spiro atoms. The number of hydrogen-bond donors (Lipinski definition) is 1. The summed E-state index contributed by atoms with van der Waals surface area (Å²) in [6.07, 6.45) is 6.79. The van der Waals surface area contributed by atoms with Gasteiger partial charge in [-0.2, -0.15) is 0 Å². The number of nitro groups is 1. The number of anilines is 1. The molecule has 4 atom stereocenters. The Bertz CT molecular complexity index is 462. The van der Waals surface area contributed by atoms with Crippen LogP contribution in [0.15, 0.2) is 6.20 Å². The van der Waals surface area contributed by atoms with Gasteiger partial charge in [0.2, 0.25) is 0 Å². The monoisotopic (exact) mass is 267 g/mol. The fourth-order valence-corrected chi connectivity index (χ4v) is 4.35. The van der Waals surface area contributed by atoms with Gasteiger partial charge in [0, 0.05) is 6.04 Å². The lowest BCUT2D eigenvalue weighted by atomic mass is 9.84. The highest BCUT2D eigenvalue weighted by Crippen LogP contribution is 2.50. The predicted molar refractivity (Wildman–Crippen MR) is 70.8 cm³/mol. The first-order valence-corrected chi connectivity index (χ1v) is 7.32. The molecule has 0 amide bonds. The second kappa shape index (κ2) is 4.50. The molecule has 2 aliphatic carbocycles. The van der Waals surface area contributed by atoms with Gasteiger partial charge in [-0.3, -0.25) is 10.1 Å². The second-order valence-corrected chi connectivity index (χ2v) is 6.54. The van der Waals surface area contributed by atoms with Crippen molar-refractivity contribution in [2.24, 2.45) is 17.8 Å². The van der Waals surface area contributed by atoms with E-state index in [2.05, 4.69) is 17.2 Å². The Balaban J connectivity index is 1.63. The highest BCUT2D eigenvalue weighted by atomic mass is 32.1. The van der Waals surface area contributed by atoms with Gasteiger partial charge in [0.05, 0.1) is 4.92 Å². The van der Waals surface area contributed by atoms with Crippen molar-refractivity contribution in [1.82, 2.24) is 4.98 Å². The lowest BCUT2D eigenvalue weighted by Crippen LogP contribution is -2.29. The topological polar surface area (TPSA) is 68.1 Å². The highest BCUT2D eigenvalue weighted by molar-refractivity contribution is 7.18. The van der Waals surface area contributed by atoms with Crippen LogP contribution in [0.1, 0.15) is 32.6 Å². The third kappa shape index (κ3) is 2.09. The van der Waals surface area contributed by atoms with Crippen LogP contribution in [0.5, 0.6) is 0 Å². The van der Waals surface area contributed by atoms with Crippen LogP contribution in [-0.2, 0) is 0 Å². The minimum atomic E-state index is -0.384. The Morgan fingerprint density at radius 3 is 2.94 bits per heavy atom. The largest absolute Gasteiger partial charge is 0.359 e. The SMILES string of the molecule is C[C@H](Nc1ncc([N+](=O)[O-])s1)[C@@H]1C[C@H]2CC[C@H]1C2. The number of nitrogens with zero attached hydrogens (tertiary/aromatic N) is 2. The molecule has 0 unspecified atom stereocenters. The van der Waals surface area contributed by atoms with Crippen LogP contribution in [0.25, 0.3) is 0 Å². The molecule has 0 aliphatic heterocycles. The summed E-state index contributed by atoms with van der Waals surface area (Å²) in [7, 11) is 0. The summed E-state index contributed by atoms with van der Waals surface area (Å²) in [6, 6.07) is 0.367. The van der Waals surface area contributed by atoms with E-state index in [4.69, 9.17) is 0 Å². The van der Waals surface area contributed by atoms with Gasteiger partial charge in [0.15, 0.2) is 5.13 Å². The molecular formula is C12H17N3O2S. The van der Waals surface area contributed by atoms with E-state index in [9.17, 15) is 10.1 Å². The maximum absolute atomic E-state index is 10.6. The van der Waals surface area contributed by atoms with Crippen molar-refractivity contribution in [2.45, 2.75) is 38.6 Å². The summed E-state index contributed by atoms with van der Waals surface area (Å²) < 4.78 is 0. The van der Waals surface area contributed by atoms with Gasteiger partial charge in [-0.25, -0.2) is 4.98 Å². The molecule has 0 aromatic carbocycles. The van der Waals surface area contributed by atoms with E-state index in [1.54, 1.807) is 0 Å². The summed E-state index contributed by atoms with van der Waals surface area (Å²) in [5.41, 5.74) is 0. The zero-order chi connectivity index (χ0) is 12.7. The van der Waals surface area contributed by atoms with Gasteiger partial charge in [0.1, 0.15) is 6.20 Å². The highest BCUT2D eigenvalue weighted by Gasteiger charge is 2.41. The maximum atomic E-state index is 10.6. The number of nitrogens with one attached hydrogen (secondary N) is 1. The minimum Gasteiger partial charge on any atom is -0.359 e. The Morgan fingerprint density at radius 2 is 2.39 bits per heavy atom. The van der Waals surface area contributed by atoms with Crippen molar-refractivity contribution in [1.29, 1.82) is 0 Å². The van der Waals surface area contributed by atoms with E-state index in [1.165, 1.54) is 31.9 Å². The van der Waals surface area contributed by atoms with Gasteiger partial charge in [-0.15, -0.1) is 0 Å². The fourth-order valence-electron chi connectivity index (χ4n) is 3.62. The molecule has 1 aromatic rings. The van der Waals surface area contributed by atoms with Crippen LogP contribution in [0.2, 0.25) is 0 Å². The summed E-state index contributed by atoms with van der Waals surface area (Å²) in [5, 5.41) is 14.7.